The number of carbonyl (C=O) groups excluding carboxylic acids is 1. The van der Waals surface area contributed by atoms with Crippen LogP contribution < -0.4 is 0 Å². The quantitative estimate of drug-likeness (QED) is 0.788. The number of rotatable bonds is 1. The summed E-state index contributed by atoms with van der Waals surface area (Å²) < 4.78 is 0. The highest BCUT2D eigenvalue weighted by Gasteiger charge is 2.27. The van der Waals surface area contributed by atoms with Gasteiger partial charge in [-0.25, -0.2) is 0 Å². The minimum absolute atomic E-state index is 0.0437. The Morgan fingerprint density at radius 2 is 2.47 bits per heavy atom. The lowest BCUT2D eigenvalue weighted by Gasteiger charge is -2.34. The molecule has 0 saturated carbocycles. The second-order valence-electron chi connectivity index (χ2n) is 4.10. The van der Waals surface area contributed by atoms with E-state index in [1.807, 2.05) is 23.8 Å². The molecule has 1 amide bonds. The average molecular weight is 225 g/mol. The Hall–Kier alpha value is -0.870. The van der Waals surface area contributed by atoms with Crippen LogP contribution >= 0.6 is 11.3 Å². The third-order valence-corrected chi connectivity index (χ3v) is 3.66. The molecule has 2 rings (SSSR count). The molecule has 3 nitrogen and oxygen atoms in total. The molecule has 0 radical (unpaired) electrons. The van der Waals surface area contributed by atoms with Crippen LogP contribution in [0.25, 0.3) is 0 Å². The third-order valence-electron chi connectivity index (χ3n) is 2.97. The predicted octanol–water partition coefficient (Wildman–Crippen LogP) is 1.59. The van der Waals surface area contributed by atoms with Gasteiger partial charge >= 0.3 is 0 Å². The molecule has 2 atom stereocenters. The molecule has 1 fully saturated rings. The Balaban J connectivity index is 2.03. The van der Waals surface area contributed by atoms with Crippen molar-refractivity contribution in [1.29, 1.82) is 0 Å². The largest absolute Gasteiger partial charge is 0.391 e. The van der Waals surface area contributed by atoms with Gasteiger partial charge in [-0.2, -0.15) is 11.3 Å². The molecular weight excluding hydrogens is 210 g/mol. The summed E-state index contributed by atoms with van der Waals surface area (Å²) in [5, 5.41) is 13.5. The molecule has 1 aromatic rings. The van der Waals surface area contributed by atoms with Gasteiger partial charge in [-0.15, -0.1) is 0 Å². The van der Waals surface area contributed by atoms with Gasteiger partial charge in [0.05, 0.1) is 11.7 Å². The van der Waals surface area contributed by atoms with Crippen LogP contribution in [0.1, 0.15) is 23.7 Å². The number of carbonyl (C=O) groups is 1. The lowest BCUT2D eigenvalue weighted by molar-refractivity contribution is 0.0249. The fraction of sp³-hybridized carbons (Fsp3) is 0.545. The highest BCUT2D eigenvalue weighted by atomic mass is 32.1. The van der Waals surface area contributed by atoms with Gasteiger partial charge in [-0.3, -0.25) is 4.79 Å². The second-order valence-corrected chi connectivity index (χ2v) is 4.88. The van der Waals surface area contributed by atoms with E-state index in [2.05, 4.69) is 0 Å². The average Bonchev–Trinajstić information content (AvgIpc) is 2.74. The highest BCUT2D eigenvalue weighted by Crippen LogP contribution is 2.19. The molecule has 0 aromatic carbocycles. The van der Waals surface area contributed by atoms with Crippen LogP contribution in [0.15, 0.2) is 16.8 Å². The van der Waals surface area contributed by atoms with Crippen molar-refractivity contribution in [2.75, 3.05) is 13.1 Å². The van der Waals surface area contributed by atoms with E-state index in [0.29, 0.717) is 12.5 Å². The van der Waals surface area contributed by atoms with E-state index in [0.717, 1.165) is 18.5 Å². The van der Waals surface area contributed by atoms with Gasteiger partial charge in [0, 0.05) is 18.5 Å². The zero-order valence-electron chi connectivity index (χ0n) is 8.72. The number of β-amino-alcohol motifs (C(OH)–C–C–N with tert-alkyl or cyclic N) is 1. The molecule has 4 heteroatoms. The topological polar surface area (TPSA) is 40.5 Å². The van der Waals surface area contributed by atoms with Gasteiger partial charge in [0.15, 0.2) is 0 Å². The molecule has 1 aromatic heterocycles. The summed E-state index contributed by atoms with van der Waals surface area (Å²) in [7, 11) is 0. The van der Waals surface area contributed by atoms with Crippen molar-refractivity contribution in [3.8, 4) is 0 Å². The first-order valence-electron chi connectivity index (χ1n) is 5.18. The van der Waals surface area contributed by atoms with Crippen molar-refractivity contribution in [3.63, 3.8) is 0 Å². The summed E-state index contributed by atoms with van der Waals surface area (Å²) in [6, 6.07) is 1.83. The van der Waals surface area contributed by atoms with Crippen LogP contribution in [0.2, 0.25) is 0 Å². The normalized spacial score (nSPS) is 26.7. The van der Waals surface area contributed by atoms with E-state index in [-0.39, 0.29) is 12.0 Å². The second kappa shape index (κ2) is 4.33. The van der Waals surface area contributed by atoms with Crippen LogP contribution in [0.4, 0.5) is 0 Å². The SMILES string of the molecule is CC1CCN(C(=O)c2ccsc2)CC1O. The minimum Gasteiger partial charge on any atom is -0.391 e. The Bertz CT molecular complexity index is 336. The molecule has 82 valence electrons. The van der Waals surface area contributed by atoms with Gasteiger partial charge in [0.25, 0.3) is 5.91 Å². The fourth-order valence-corrected chi connectivity index (χ4v) is 2.43. The summed E-state index contributed by atoms with van der Waals surface area (Å²) in [4.78, 5) is 13.7. The van der Waals surface area contributed by atoms with E-state index >= 15 is 0 Å². The van der Waals surface area contributed by atoms with Gasteiger partial charge in [0.1, 0.15) is 0 Å². The summed E-state index contributed by atoms with van der Waals surface area (Å²) >= 11 is 1.52. The molecule has 2 heterocycles. The molecule has 1 N–H and O–H groups in total. The van der Waals surface area contributed by atoms with Crippen LogP contribution in [-0.2, 0) is 0 Å². The van der Waals surface area contributed by atoms with Crippen molar-refractivity contribution < 1.29 is 9.90 Å². The van der Waals surface area contributed by atoms with Gasteiger partial charge in [-0.05, 0) is 23.8 Å². The Morgan fingerprint density at radius 3 is 3.07 bits per heavy atom. The van der Waals surface area contributed by atoms with Crippen LogP contribution in [0.3, 0.4) is 0 Å². The number of amides is 1. The number of hydrogen-bond donors (Lipinski definition) is 1. The molecule has 0 bridgehead atoms. The fourth-order valence-electron chi connectivity index (χ4n) is 1.80. The maximum absolute atomic E-state index is 11.9. The van der Waals surface area contributed by atoms with Crippen molar-refractivity contribution in [2.24, 2.45) is 5.92 Å². The Kier molecular flexibility index (Phi) is 3.07. The van der Waals surface area contributed by atoms with E-state index in [9.17, 15) is 9.90 Å². The molecule has 1 saturated heterocycles. The van der Waals surface area contributed by atoms with Crippen LogP contribution in [0, 0.1) is 5.92 Å². The lowest BCUT2D eigenvalue weighted by Crippen LogP contribution is -2.45. The maximum atomic E-state index is 11.9. The van der Waals surface area contributed by atoms with Crippen LogP contribution in [-0.4, -0.2) is 35.1 Å². The summed E-state index contributed by atoms with van der Waals surface area (Å²) in [5.74, 6) is 0.346. The van der Waals surface area contributed by atoms with Crippen LogP contribution in [0.5, 0.6) is 0 Å². The first kappa shape index (κ1) is 10.6. The van der Waals surface area contributed by atoms with Crippen molar-refractivity contribution >= 4 is 17.2 Å². The van der Waals surface area contributed by atoms with Gasteiger partial charge in [-0.1, -0.05) is 6.92 Å². The monoisotopic (exact) mass is 225 g/mol. The Morgan fingerprint density at radius 1 is 1.67 bits per heavy atom. The van der Waals surface area contributed by atoms with Crippen molar-refractivity contribution in [2.45, 2.75) is 19.4 Å². The van der Waals surface area contributed by atoms with E-state index in [1.54, 1.807) is 4.90 Å². The minimum atomic E-state index is -0.374. The van der Waals surface area contributed by atoms with Crippen molar-refractivity contribution in [1.82, 2.24) is 4.90 Å². The number of thiophene rings is 1. The molecule has 15 heavy (non-hydrogen) atoms. The standard InChI is InChI=1S/C11H15NO2S/c1-8-2-4-12(6-10(8)13)11(14)9-3-5-15-7-9/h3,5,7-8,10,13H,2,4,6H2,1H3. The molecule has 1 aliphatic rings. The summed E-state index contributed by atoms with van der Waals surface area (Å²) in [6.45, 7) is 3.25. The zero-order valence-corrected chi connectivity index (χ0v) is 9.54. The highest BCUT2D eigenvalue weighted by molar-refractivity contribution is 7.08. The molecule has 0 spiro atoms. The van der Waals surface area contributed by atoms with E-state index in [4.69, 9.17) is 0 Å². The van der Waals surface area contributed by atoms with E-state index in [1.165, 1.54) is 11.3 Å². The van der Waals surface area contributed by atoms with Gasteiger partial charge in [0.2, 0.25) is 0 Å². The summed E-state index contributed by atoms with van der Waals surface area (Å²) in [5.41, 5.74) is 0.738. The lowest BCUT2D eigenvalue weighted by atomic mass is 9.96. The molecule has 2 unspecified atom stereocenters. The number of piperidine rings is 1. The number of nitrogens with zero attached hydrogens (tertiary/aromatic N) is 1. The molecule has 1 aliphatic heterocycles. The number of aliphatic hydroxyl groups excluding tert-OH is 1. The third kappa shape index (κ3) is 2.21. The van der Waals surface area contributed by atoms with E-state index < -0.39 is 0 Å². The molecule has 0 aliphatic carbocycles. The zero-order chi connectivity index (χ0) is 10.8. The first-order chi connectivity index (χ1) is 7.18. The maximum Gasteiger partial charge on any atom is 0.254 e. The smallest absolute Gasteiger partial charge is 0.254 e. The van der Waals surface area contributed by atoms with Gasteiger partial charge < -0.3 is 10.0 Å². The van der Waals surface area contributed by atoms with Crippen molar-refractivity contribution in [3.05, 3.63) is 22.4 Å². The molecular formula is C11H15NO2S. The number of aliphatic hydroxyl groups is 1. The predicted molar refractivity (Wildman–Crippen MR) is 60.0 cm³/mol. The summed E-state index contributed by atoms with van der Waals surface area (Å²) in [6.07, 6.45) is 0.512. The number of likely N-dealkylation sites (tertiary alicyclic amines) is 1. The number of hydrogen-bond acceptors (Lipinski definition) is 3. The first-order valence-corrected chi connectivity index (χ1v) is 6.12. The Labute approximate surface area is 93.3 Å².